The summed E-state index contributed by atoms with van der Waals surface area (Å²) < 4.78 is 10.2. The fraction of sp³-hybridized carbons (Fsp3) is 0.862. The molecule has 7 fully saturated rings. The summed E-state index contributed by atoms with van der Waals surface area (Å²) in [6.45, 7) is 0. The SMILES string of the molecule is O=C1OC(=O)C2CC(C3(C4CCC5C(=O)OC(=O)C5C4)C4CCCCC4C4CCCCC43)CCC12. The third kappa shape index (κ3) is 3.06. The standard InChI is InChI=1S/C29H38O6/c30-25-19-11-9-15(13-21(19)27(32)34-25)29(16-10-12-20-22(14-16)28(33)35-26(20)31)23-7-3-1-5-17(23)18-6-2-4-8-24(18)29/h15-24H,1-14H2. The highest BCUT2D eigenvalue weighted by atomic mass is 16.6. The molecule has 5 saturated carbocycles. The van der Waals surface area contributed by atoms with Crippen molar-refractivity contribution in [2.45, 2.75) is 89.9 Å². The van der Waals surface area contributed by atoms with Crippen LogP contribution in [0.25, 0.3) is 0 Å². The molecular weight excluding hydrogens is 444 g/mol. The van der Waals surface area contributed by atoms with Gasteiger partial charge in [-0.2, -0.15) is 0 Å². The Morgan fingerprint density at radius 2 is 0.886 bits per heavy atom. The van der Waals surface area contributed by atoms with Gasteiger partial charge in [0.1, 0.15) is 0 Å². The molecule has 190 valence electrons. The number of fused-ring (bicyclic) bond motifs is 5. The number of rotatable bonds is 2. The maximum atomic E-state index is 12.7. The first kappa shape index (κ1) is 22.5. The topological polar surface area (TPSA) is 86.7 Å². The number of carbonyl (C=O) groups is 4. The molecule has 2 heterocycles. The van der Waals surface area contributed by atoms with Crippen LogP contribution in [0.3, 0.4) is 0 Å². The first-order valence-electron chi connectivity index (χ1n) is 14.5. The highest BCUT2D eigenvalue weighted by Crippen LogP contribution is 2.72. The number of cyclic esters (lactones) is 4. The van der Waals surface area contributed by atoms with Crippen molar-refractivity contribution < 1.29 is 28.7 Å². The van der Waals surface area contributed by atoms with Crippen molar-refractivity contribution in [3.05, 3.63) is 0 Å². The van der Waals surface area contributed by atoms with Crippen LogP contribution in [0.15, 0.2) is 0 Å². The molecule has 0 aromatic carbocycles. The van der Waals surface area contributed by atoms with Gasteiger partial charge in [-0.3, -0.25) is 19.2 Å². The van der Waals surface area contributed by atoms with E-state index in [4.69, 9.17) is 9.47 Å². The van der Waals surface area contributed by atoms with Crippen LogP contribution in [0, 0.1) is 64.6 Å². The van der Waals surface area contributed by atoms with Gasteiger partial charge in [-0.15, -0.1) is 0 Å². The zero-order valence-electron chi connectivity index (χ0n) is 20.6. The highest BCUT2D eigenvalue weighted by molar-refractivity contribution is 5.97. The fourth-order valence-electron chi connectivity index (χ4n) is 11.2. The van der Waals surface area contributed by atoms with Crippen LogP contribution in [-0.2, 0) is 28.7 Å². The summed E-state index contributed by atoms with van der Waals surface area (Å²) in [7, 11) is 0. The number of hydrogen-bond acceptors (Lipinski definition) is 6. The maximum Gasteiger partial charge on any atom is 0.317 e. The molecule has 2 saturated heterocycles. The molecular formula is C29H38O6. The van der Waals surface area contributed by atoms with E-state index in [-0.39, 0.29) is 53.0 Å². The smallest absolute Gasteiger partial charge is 0.317 e. The molecule has 0 N–H and O–H groups in total. The second-order valence-corrected chi connectivity index (χ2v) is 13.0. The minimum Gasteiger partial charge on any atom is -0.393 e. The lowest BCUT2D eigenvalue weighted by atomic mass is 9.47. The Morgan fingerprint density at radius 1 is 0.486 bits per heavy atom. The van der Waals surface area contributed by atoms with Crippen molar-refractivity contribution in [1.82, 2.24) is 0 Å². The summed E-state index contributed by atoms with van der Waals surface area (Å²) in [4.78, 5) is 50.1. The Morgan fingerprint density at radius 3 is 1.34 bits per heavy atom. The van der Waals surface area contributed by atoms with E-state index in [2.05, 4.69) is 0 Å². The molecule has 0 spiro atoms. The molecule has 2 aliphatic heterocycles. The lowest BCUT2D eigenvalue weighted by Crippen LogP contribution is -2.52. The lowest BCUT2D eigenvalue weighted by Gasteiger charge is -2.57. The molecule has 10 atom stereocenters. The van der Waals surface area contributed by atoms with Crippen molar-refractivity contribution in [1.29, 1.82) is 0 Å². The summed E-state index contributed by atoms with van der Waals surface area (Å²) in [5.41, 5.74) is 0.115. The third-order valence-corrected chi connectivity index (χ3v) is 12.2. The molecule has 10 unspecified atom stereocenters. The third-order valence-electron chi connectivity index (χ3n) is 12.2. The van der Waals surface area contributed by atoms with Gasteiger partial charge in [-0.05, 0) is 105 Å². The summed E-state index contributed by atoms with van der Waals surface area (Å²) in [6.07, 6.45) is 15.4. The van der Waals surface area contributed by atoms with Gasteiger partial charge in [0.25, 0.3) is 0 Å². The summed E-state index contributed by atoms with van der Waals surface area (Å²) in [6, 6.07) is 0. The Labute approximate surface area is 207 Å². The van der Waals surface area contributed by atoms with Crippen LogP contribution in [0.5, 0.6) is 0 Å². The minimum absolute atomic E-state index is 0.115. The zero-order chi connectivity index (χ0) is 23.9. The Kier molecular flexibility index (Phi) is 5.23. The van der Waals surface area contributed by atoms with Crippen LogP contribution in [0.2, 0.25) is 0 Å². The summed E-state index contributed by atoms with van der Waals surface area (Å²) in [5, 5.41) is 0. The Hall–Kier alpha value is -1.72. The van der Waals surface area contributed by atoms with E-state index in [0.29, 0.717) is 23.7 Å². The van der Waals surface area contributed by atoms with E-state index in [0.717, 1.165) is 50.4 Å². The average Bonchev–Trinajstić information content (AvgIpc) is 3.46. The van der Waals surface area contributed by atoms with Crippen molar-refractivity contribution in [3.63, 3.8) is 0 Å². The monoisotopic (exact) mass is 482 g/mol. The van der Waals surface area contributed by atoms with Crippen molar-refractivity contribution in [3.8, 4) is 0 Å². The average molecular weight is 483 g/mol. The fourth-order valence-corrected chi connectivity index (χ4v) is 11.2. The minimum atomic E-state index is -0.308. The molecule has 6 heteroatoms. The molecule has 7 rings (SSSR count). The summed E-state index contributed by atoms with van der Waals surface area (Å²) in [5.74, 6) is 1.34. The molecule has 0 amide bonds. The van der Waals surface area contributed by atoms with E-state index in [1.165, 1.54) is 51.4 Å². The van der Waals surface area contributed by atoms with Crippen LogP contribution in [-0.4, -0.2) is 23.9 Å². The number of hydrogen-bond donors (Lipinski definition) is 0. The van der Waals surface area contributed by atoms with Gasteiger partial charge in [0.15, 0.2) is 0 Å². The second-order valence-electron chi connectivity index (χ2n) is 13.0. The molecule has 6 nitrogen and oxygen atoms in total. The van der Waals surface area contributed by atoms with Gasteiger partial charge in [0.2, 0.25) is 0 Å². The van der Waals surface area contributed by atoms with Crippen molar-refractivity contribution in [2.75, 3.05) is 0 Å². The van der Waals surface area contributed by atoms with E-state index in [9.17, 15) is 19.2 Å². The van der Waals surface area contributed by atoms with Crippen molar-refractivity contribution >= 4 is 23.9 Å². The van der Waals surface area contributed by atoms with Crippen molar-refractivity contribution in [2.24, 2.45) is 64.6 Å². The zero-order valence-corrected chi connectivity index (χ0v) is 20.6. The largest absolute Gasteiger partial charge is 0.393 e. The predicted molar refractivity (Wildman–Crippen MR) is 124 cm³/mol. The van der Waals surface area contributed by atoms with Gasteiger partial charge in [-0.1, -0.05) is 25.7 Å². The van der Waals surface area contributed by atoms with Gasteiger partial charge in [0.05, 0.1) is 23.7 Å². The van der Waals surface area contributed by atoms with Gasteiger partial charge >= 0.3 is 23.9 Å². The van der Waals surface area contributed by atoms with E-state index in [1.807, 2.05) is 0 Å². The van der Waals surface area contributed by atoms with Crippen LogP contribution in [0.4, 0.5) is 0 Å². The quantitative estimate of drug-likeness (QED) is 0.414. The van der Waals surface area contributed by atoms with Gasteiger partial charge in [0, 0.05) is 0 Å². The Bertz CT molecular complexity index is 879. The molecule has 0 aromatic heterocycles. The first-order valence-corrected chi connectivity index (χ1v) is 14.5. The number of carbonyl (C=O) groups excluding carboxylic acids is 4. The number of esters is 4. The van der Waals surface area contributed by atoms with Crippen LogP contribution < -0.4 is 0 Å². The first-order chi connectivity index (χ1) is 17.0. The summed E-state index contributed by atoms with van der Waals surface area (Å²) >= 11 is 0. The van der Waals surface area contributed by atoms with Crippen LogP contribution >= 0.6 is 0 Å². The Balaban J connectivity index is 1.31. The lowest BCUT2D eigenvalue weighted by molar-refractivity contribution is -0.155. The molecule has 7 aliphatic rings. The molecule has 5 aliphatic carbocycles. The second kappa shape index (κ2) is 8.14. The maximum absolute atomic E-state index is 12.7. The molecule has 0 bridgehead atoms. The van der Waals surface area contributed by atoms with E-state index in [1.54, 1.807) is 0 Å². The van der Waals surface area contributed by atoms with Gasteiger partial charge < -0.3 is 9.47 Å². The molecule has 0 aromatic rings. The van der Waals surface area contributed by atoms with Crippen LogP contribution in [0.1, 0.15) is 89.9 Å². The van der Waals surface area contributed by atoms with Gasteiger partial charge in [-0.25, -0.2) is 0 Å². The highest BCUT2D eigenvalue weighted by Gasteiger charge is 2.68. The van der Waals surface area contributed by atoms with E-state index < -0.39 is 0 Å². The molecule has 35 heavy (non-hydrogen) atoms. The molecule has 0 radical (unpaired) electrons. The van der Waals surface area contributed by atoms with E-state index >= 15 is 0 Å². The normalized spacial score (nSPS) is 51.2. The predicted octanol–water partition coefficient (Wildman–Crippen LogP) is 4.83. The number of ether oxygens (including phenoxy) is 2.